The number of nitrogens with one attached hydrogen (secondary N) is 1. The van der Waals surface area contributed by atoms with E-state index in [4.69, 9.17) is 9.47 Å². The number of likely N-dealkylation sites (N-methyl/N-ethyl adjacent to an activating group) is 1. The van der Waals surface area contributed by atoms with Crippen LogP contribution in [0.1, 0.15) is 39.0 Å². The molecule has 1 aliphatic heterocycles. The first-order chi connectivity index (χ1) is 11.0. The van der Waals surface area contributed by atoms with Crippen molar-refractivity contribution in [1.82, 2.24) is 10.2 Å². The highest BCUT2D eigenvalue weighted by Gasteiger charge is 2.40. The molecule has 0 aromatic carbocycles. The molecule has 2 N–H and O–H groups in total. The van der Waals surface area contributed by atoms with Crippen LogP contribution in [0.3, 0.4) is 0 Å². The number of carbonyl (C=O) groups excluding carboxylic acids is 2. The summed E-state index contributed by atoms with van der Waals surface area (Å²) < 4.78 is 10.2. The molecule has 0 spiro atoms. The van der Waals surface area contributed by atoms with Crippen LogP contribution in [0.15, 0.2) is 0 Å². The van der Waals surface area contributed by atoms with Gasteiger partial charge < -0.3 is 19.9 Å². The number of nitrogens with zero attached hydrogens (tertiary/aromatic N) is 1. The number of morpholine rings is 1. The monoisotopic (exact) mass is 330 g/mol. The second-order valence-electron chi connectivity index (χ2n) is 6.04. The van der Waals surface area contributed by atoms with Crippen LogP contribution >= 0.6 is 0 Å². The second kappa shape index (κ2) is 9.85. The quantitative estimate of drug-likeness (QED) is 0.467. The molecular weight excluding hydrogens is 300 g/mol. The third kappa shape index (κ3) is 6.08. The topological polar surface area (TPSA) is 88.1 Å². The highest BCUT2D eigenvalue weighted by molar-refractivity contribution is 5.81. The predicted octanol–water partition coefficient (Wildman–Crippen LogP) is 0.308. The number of rotatable bonds is 9. The van der Waals surface area contributed by atoms with E-state index in [1.54, 1.807) is 7.05 Å². The van der Waals surface area contributed by atoms with Crippen molar-refractivity contribution < 1.29 is 24.2 Å². The molecule has 2 atom stereocenters. The van der Waals surface area contributed by atoms with Gasteiger partial charge in [0, 0.05) is 26.7 Å². The Bertz CT molecular complexity index is 391. The highest BCUT2D eigenvalue weighted by Crippen LogP contribution is 2.21. The highest BCUT2D eigenvalue weighted by atomic mass is 16.5. The molecule has 1 amide bonds. The van der Waals surface area contributed by atoms with E-state index >= 15 is 0 Å². The maximum absolute atomic E-state index is 12.0. The number of β-amino-alcohol motifs (C(OH)–C–C–N with tert-alkyl or cyclic N) is 1. The minimum Gasteiger partial charge on any atom is -0.467 e. The molecule has 7 nitrogen and oxygen atoms in total. The number of carbonyl (C=O) groups is 2. The number of methoxy groups -OCH3 is 1. The number of ether oxygens (including phenoxy) is 2. The molecule has 134 valence electrons. The smallest absolute Gasteiger partial charge is 0.339 e. The van der Waals surface area contributed by atoms with Crippen LogP contribution in [0.2, 0.25) is 0 Å². The van der Waals surface area contributed by atoms with E-state index in [2.05, 4.69) is 12.2 Å². The van der Waals surface area contributed by atoms with Gasteiger partial charge in [-0.1, -0.05) is 26.2 Å². The fourth-order valence-electron chi connectivity index (χ4n) is 2.82. The van der Waals surface area contributed by atoms with Crippen LogP contribution in [0, 0.1) is 0 Å². The van der Waals surface area contributed by atoms with E-state index in [9.17, 15) is 14.7 Å². The molecule has 0 bridgehead atoms. The number of unbranched alkanes of at least 4 members (excludes halogenated alkanes) is 3. The fourth-order valence-corrected chi connectivity index (χ4v) is 2.82. The van der Waals surface area contributed by atoms with Gasteiger partial charge in [-0.15, -0.1) is 0 Å². The predicted molar refractivity (Wildman–Crippen MR) is 86.0 cm³/mol. The third-order valence-corrected chi connectivity index (χ3v) is 4.18. The second-order valence-corrected chi connectivity index (χ2v) is 6.04. The molecule has 0 unspecified atom stereocenters. The van der Waals surface area contributed by atoms with E-state index in [-0.39, 0.29) is 12.5 Å². The Morgan fingerprint density at radius 3 is 2.74 bits per heavy atom. The molecule has 23 heavy (non-hydrogen) atoms. The molecule has 1 fully saturated rings. The van der Waals surface area contributed by atoms with Gasteiger partial charge in [-0.2, -0.15) is 0 Å². The van der Waals surface area contributed by atoms with Gasteiger partial charge in [0.15, 0.2) is 5.60 Å². The van der Waals surface area contributed by atoms with Crippen LogP contribution in [-0.4, -0.2) is 74.0 Å². The molecule has 7 heteroatoms. The van der Waals surface area contributed by atoms with Crippen LogP contribution in [0.25, 0.3) is 0 Å². The summed E-state index contributed by atoms with van der Waals surface area (Å²) in [6.07, 6.45) is 3.70. The van der Waals surface area contributed by atoms with Gasteiger partial charge in [0.2, 0.25) is 5.91 Å². The first-order valence-corrected chi connectivity index (χ1v) is 8.33. The van der Waals surface area contributed by atoms with Gasteiger partial charge in [0.1, 0.15) is 6.10 Å². The summed E-state index contributed by atoms with van der Waals surface area (Å²) >= 11 is 0. The fraction of sp³-hybridized carbons (Fsp3) is 0.875. The SMILES string of the molecule is CCCCCC[C@@](O)(CN1CCO[C@@H](C(=O)NC)C1)C(=O)OC. The van der Waals surface area contributed by atoms with Gasteiger partial charge in [0.05, 0.1) is 13.7 Å². The van der Waals surface area contributed by atoms with Crippen molar-refractivity contribution in [3.63, 3.8) is 0 Å². The number of esters is 1. The molecule has 0 aromatic heterocycles. The average Bonchev–Trinajstić information content (AvgIpc) is 2.57. The summed E-state index contributed by atoms with van der Waals surface area (Å²) in [5.74, 6) is -0.809. The van der Waals surface area contributed by atoms with Crippen molar-refractivity contribution in [2.45, 2.75) is 50.7 Å². The Kier molecular flexibility index (Phi) is 8.51. The minimum absolute atomic E-state index is 0.155. The lowest BCUT2D eigenvalue weighted by atomic mass is 9.94. The Morgan fingerprint density at radius 2 is 2.13 bits per heavy atom. The summed E-state index contributed by atoms with van der Waals surface area (Å²) in [6, 6.07) is 0. The third-order valence-electron chi connectivity index (χ3n) is 4.18. The summed E-state index contributed by atoms with van der Waals surface area (Å²) in [6.45, 7) is 3.59. The van der Waals surface area contributed by atoms with Crippen molar-refractivity contribution in [1.29, 1.82) is 0 Å². The lowest BCUT2D eigenvalue weighted by Crippen LogP contribution is -2.56. The van der Waals surface area contributed by atoms with Crippen molar-refractivity contribution in [2.75, 3.05) is 40.4 Å². The van der Waals surface area contributed by atoms with Crippen LogP contribution < -0.4 is 5.32 Å². The summed E-state index contributed by atoms with van der Waals surface area (Å²) in [7, 11) is 2.84. The van der Waals surface area contributed by atoms with Crippen molar-refractivity contribution in [3.05, 3.63) is 0 Å². The molecule has 0 aromatic rings. The molecule has 1 rings (SSSR count). The number of aliphatic hydroxyl groups is 1. The van der Waals surface area contributed by atoms with E-state index in [0.29, 0.717) is 26.1 Å². The standard InChI is InChI=1S/C16H30N2O5/c1-4-5-6-7-8-16(21,15(20)22-3)12-18-9-10-23-13(11-18)14(19)17-2/h13,21H,4-12H2,1-3H3,(H,17,19)/t13-,16-/m1/s1. The number of hydrogen-bond donors (Lipinski definition) is 2. The Balaban J connectivity index is 2.64. The van der Waals surface area contributed by atoms with Gasteiger partial charge in [0.25, 0.3) is 0 Å². The minimum atomic E-state index is -1.53. The first kappa shape index (κ1) is 19.9. The molecule has 1 heterocycles. The lowest BCUT2D eigenvalue weighted by Gasteiger charge is -2.36. The number of hydrogen-bond acceptors (Lipinski definition) is 6. The maximum Gasteiger partial charge on any atom is 0.339 e. The maximum atomic E-state index is 12.0. The van der Waals surface area contributed by atoms with Crippen molar-refractivity contribution in [2.24, 2.45) is 0 Å². The van der Waals surface area contributed by atoms with Crippen LogP contribution in [-0.2, 0) is 19.1 Å². The van der Waals surface area contributed by atoms with Gasteiger partial charge in [-0.25, -0.2) is 4.79 Å². The van der Waals surface area contributed by atoms with E-state index < -0.39 is 17.7 Å². The van der Waals surface area contributed by atoms with Gasteiger partial charge in [-0.3, -0.25) is 9.69 Å². The summed E-state index contributed by atoms with van der Waals surface area (Å²) in [5, 5.41) is 13.3. The van der Waals surface area contributed by atoms with E-state index in [1.165, 1.54) is 7.11 Å². The average molecular weight is 330 g/mol. The zero-order chi connectivity index (χ0) is 17.3. The van der Waals surface area contributed by atoms with Crippen LogP contribution in [0.5, 0.6) is 0 Å². The molecular formula is C16H30N2O5. The normalized spacial score (nSPS) is 21.5. The summed E-state index contributed by atoms with van der Waals surface area (Å²) in [4.78, 5) is 25.6. The molecule has 1 saturated heterocycles. The Labute approximate surface area is 138 Å². The zero-order valence-electron chi connectivity index (χ0n) is 14.5. The van der Waals surface area contributed by atoms with Crippen LogP contribution in [0.4, 0.5) is 0 Å². The summed E-state index contributed by atoms with van der Waals surface area (Å²) in [5.41, 5.74) is -1.53. The van der Waals surface area contributed by atoms with Gasteiger partial charge >= 0.3 is 5.97 Å². The zero-order valence-corrected chi connectivity index (χ0v) is 14.5. The Morgan fingerprint density at radius 1 is 1.39 bits per heavy atom. The number of amides is 1. The molecule has 1 aliphatic rings. The van der Waals surface area contributed by atoms with E-state index in [1.807, 2.05) is 4.90 Å². The lowest BCUT2D eigenvalue weighted by molar-refractivity contribution is -0.168. The van der Waals surface area contributed by atoms with E-state index in [0.717, 1.165) is 25.7 Å². The van der Waals surface area contributed by atoms with Crippen molar-refractivity contribution >= 4 is 11.9 Å². The van der Waals surface area contributed by atoms with Crippen molar-refractivity contribution in [3.8, 4) is 0 Å². The van der Waals surface area contributed by atoms with Gasteiger partial charge in [-0.05, 0) is 12.8 Å². The molecule has 0 radical (unpaired) electrons. The molecule has 0 saturated carbocycles. The first-order valence-electron chi connectivity index (χ1n) is 8.33. The largest absolute Gasteiger partial charge is 0.467 e. The Hall–Kier alpha value is -1.18. The molecule has 0 aliphatic carbocycles.